The molecule has 0 spiro atoms. The summed E-state index contributed by atoms with van der Waals surface area (Å²) in [5.74, 6) is -0.0833. The fourth-order valence-corrected chi connectivity index (χ4v) is 2.52. The molecule has 0 unspecified atom stereocenters. The summed E-state index contributed by atoms with van der Waals surface area (Å²) in [6.45, 7) is 0.493. The lowest BCUT2D eigenvalue weighted by Gasteiger charge is -2.23. The maximum atomic E-state index is 11.8. The van der Waals surface area contributed by atoms with Crippen LogP contribution in [0.2, 0.25) is 0 Å². The largest absolute Gasteiger partial charge is 0.465 e. The van der Waals surface area contributed by atoms with E-state index >= 15 is 0 Å². The summed E-state index contributed by atoms with van der Waals surface area (Å²) in [6, 6.07) is 10.2. The van der Waals surface area contributed by atoms with Crippen molar-refractivity contribution in [2.24, 2.45) is 5.92 Å². The molecule has 0 aromatic heterocycles. The van der Waals surface area contributed by atoms with E-state index in [9.17, 15) is 9.90 Å². The number of aliphatic hydroxyl groups excluding tert-OH is 1. The Balaban J connectivity index is 1.61. The van der Waals surface area contributed by atoms with Crippen LogP contribution in [0.3, 0.4) is 0 Å². The number of hydrogen-bond donors (Lipinski definition) is 1. The van der Waals surface area contributed by atoms with Crippen LogP contribution in [0.4, 0.5) is 0 Å². The zero-order chi connectivity index (χ0) is 13.5. The van der Waals surface area contributed by atoms with Gasteiger partial charge in [0.25, 0.3) is 0 Å². The Labute approximate surface area is 114 Å². The molecule has 0 atom stereocenters. The second-order valence-corrected chi connectivity index (χ2v) is 5.26. The Morgan fingerprint density at radius 3 is 2.53 bits per heavy atom. The average molecular weight is 262 g/mol. The fourth-order valence-electron chi connectivity index (χ4n) is 2.52. The van der Waals surface area contributed by atoms with Gasteiger partial charge in [0.2, 0.25) is 0 Å². The van der Waals surface area contributed by atoms with E-state index in [2.05, 4.69) is 12.1 Å². The second kappa shape index (κ2) is 7.29. The van der Waals surface area contributed by atoms with E-state index in [0.717, 1.165) is 38.5 Å². The summed E-state index contributed by atoms with van der Waals surface area (Å²) in [5, 5.41) is 9.40. The van der Waals surface area contributed by atoms with E-state index in [-0.39, 0.29) is 18.0 Å². The van der Waals surface area contributed by atoms with Crippen LogP contribution < -0.4 is 0 Å². The minimum Gasteiger partial charge on any atom is -0.465 e. The molecule has 2 rings (SSSR count). The first-order valence-electron chi connectivity index (χ1n) is 7.14. The van der Waals surface area contributed by atoms with Crippen LogP contribution in [0, 0.1) is 5.92 Å². The van der Waals surface area contributed by atoms with Gasteiger partial charge in [0, 0.05) is 0 Å². The number of carbonyl (C=O) groups excluding carboxylic acids is 1. The van der Waals surface area contributed by atoms with Crippen molar-refractivity contribution in [1.82, 2.24) is 0 Å². The van der Waals surface area contributed by atoms with E-state index < -0.39 is 0 Å². The fraction of sp³-hybridized carbons (Fsp3) is 0.562. The molecule has 19 heavy (non-hydrogen) atoms. The molecule has 3 nitrogen and oxygen atoms in total. The molecular weight excluding hydrogens is 240 g/mol. The summed E-state index contributed by atoms with van der Waals surface area (Å²) in [6.07, 6.45) is 4.57. The van der Waals surface area contributed by atoms with E-state index in [0.29, 0.717) is 6.61 Å². The molecule has 0 heterocycles. The Morgan fingerprint density at radius 1 is 1.16 bits per heavy atom. The molecule has 1 aromatic rings. The highest BCUT2D eigenvalue weighted by Gasteiger charge is 2.26. The molecular formula is C16H22O3. The van der Waals surface area contributed by atoms with Crippen molar-refractivity contribution in [1.29, 1.82) is 0 Å². The molecule has 1 N–H and O–H groups in total. The third kappa shape index (κ3) is 4.67. The molecule has 104 valence electrons. The SMILES string of the molecule is O=C(OCCCc1ccccc1)C1CCC(O)CC1. The van der Waals surface area contributed by atoms with Gasteiger partial charge in [0.05, 0.1) is 18.6 Å². The molecule has 1 aliphatic rings. The Bertz CT molecular complexity index is 380. The van der Waals surface area contributed by atoms with Gasteiger partial charge in [-0.25, -0.2) is 0 Å². The van der Waals surface area contributed by atoms with Crippen LogP contribution >= 0.6 is 0 Å². The van der Waals surface area contributed by atoms with Gasteiger partial charge in [0.1, 0.15) is 0 Å². The molecule has 1 fully saturated rings. The van der Waals surface area contributed by atoms with Crippen LogP contribution in [-0.2, 0) is 16.0 Å². The standard InChI is InChI=1S/C16H22O3/c17-15-10-8-14(9-11-15)16(18)19-12-4-7-13-5-2-1-3-6-13/h1-3,5-6,14-15,17H,4,7-12H2. The number of carbonyl (C=O) groups is 1. The third-order valence-electron chi connectivity index (χ3n) is 3.73. The van der Waals surface area contributed by atoms with Gasteiger partial charge in [-0.1, -0.05) is 30.3 Å². The lowest BCUT2D eigenvalue weighted by atomic mass is 9.87. The predicted molar refractivity (Wildman–Crippen MR) is 73.7 cm³/mol. The number of aliphatic hydroxyl groups is 1. The molecule has 1 aliphatic carbocycles. The smallest absolute Gasteiger partial charge is 0.308 e. The summed E-state index contributed by atoms with van der Waals surface area (Å²) in [5.41, 5.74) is 1.28. The van der Waals surface area contributed by atoms with Gasteiger partial charge >= 0.3 is 5.97 Å². The monoisotopic (exact) mass is 262 g/mol. The zero-order valence-corrected chi connectivity index (χ0v) is 11.3. The molecule has 3 heteroatoms. The van der Waals surface area contributed by atoms with Crippen molar-refractivity contribution in [3.05, 3.63) is 35.9 Å². The van der Waals surface area contributed by atoms with Crippen molar-refractivity contribution in [2.45, 2.75) is 44.6 Å². The van der Waals surface area contributed by atoms with E-state index in [1.807, 2.05) is 18.2 Å². The Kier molecular flexibility index (Phi) is 5.40. The molecule has 0 radical (unpaired) electrons. The predicted octanol–water partition coefficient (Wildman–Crippen LogP) is 2.71. The number of esters is 1. The number of ether oxygens (including phenoxy) is 1. The van der Waals surface area contributed by atoms with Gasteiger partial charge in [-0.3, -0.25) is 4.79 Å². The maximum Gasteiger partial charge on any atom is 0.308 e. The van der Waals surface area contributed by atoms with Gasteiger partial charge in [-0.15, -0.1) is 0 Å². The van der Waals surface area contributed by atoms with Gasteiger partial charge < -0.3 is 9.84 Å². The highest BCUT2D eigenvalue weighted by Crippen LogP contribution is 2.25. The summed E-state index contributed by atoms with van der Waals surface area (Å²) in [7, 11) is 0. The van der Waals surface area contributed by atoms with Crippen molar-refractivity contribution in [2.75, 3.05) is 6.61 Å². The third-order valence-corrected chi connectivity index (χ3v) is 3.73. The first-order valence-corrected chi connectivity index (χ1v) is 7.14. The van der Waals surface area contributed by atoms with E-state index in [1.54, 1.807) is 0 Å². The molecule has 1 saturated carbocycles. The number of rotatable bonds is 5. The second-order valence-electron chi connectivity index (χ2n) is 5.26. The first-order chi connectivity index (χ1) is 9.25. The number of benzene rings is 1. The Hall–Kier alpha value is -1.35. The number of hydrogen-bond acceptors (Lipinski definition) is 3. The number of aryl methyl sites for hydroxylation is 1. The zero-order valence-electron chi connectivity index (χ0n) is 11.3. The summed E-state index contributed by atoms with van der Waals surface area (Å²) < 4.78 is 5.32. The molecule has 0 amide bonds. The van der Waals surface area contributed by atoms with Crippen LogP contribution in [0.15, 0.2) is 30.3 Å². The molecule has 0 bridgehead atoms. The average Bonchev–Trinajstić information content (AvgIpc) is 2.45. The topological polar surface area (TPSA) is 46.5 Å². The van der Waals surface area contributed by atoms with E-state index in [4.69, 9.17) is 4.74 Å². The van der Waals surface area contributed by atoms with Crippen LogP contribution in [0.1, 0.15) is 37.7 Å². The van der Waals surface area contributed by atoms with Crippen molar-refractivity contribution < 1.29 is 14.6 Å². The molecule has 1 aromatic carbocycles. The first kappa shape index (κ1) is 14.1. The summed E-state index contributed by atoms with van der Waals surface area (Å²) >= 11 is 0. The van der Waals surface area contributed by atoms with Gasteiger partial charge in [-0.2, -0.15) is 0 Å². The normalized spacial score (nSPS) is 23.0. The molecule has 0 saturated heterocycles. The highest BCUT2D eigenvalue weighted by molar-refractivity contribution is 5.72. The maximum absolute atomic E-state index is 11.8. The van der Waals surface area contributed by atoms with Crippen LogP contribution in [-0.4, -0.2) is 23.8 Å². The molecule has 0 aliphatic heterocycles. The highest BCUT2D eigenvalue weighted by atomic mass is 16.5. The van der Waals surface area contributed by atoms with Crippen LogP contribution in [0.5, 0.6) is 0 Å². The van der Waals surface area contributed by atoms with Gasteiger partial charge in [-0.05, 0) is 44.1 Å². The summed E-state index contributed by atoms with van der Waals surface area (Å²) in [4.78, 5) is 11.8. The minimum absolute atomic E-state index is 0.000116. The van der Waals surface area contributed by atoms with Crippen molar-refractivity contribution in [3.63, 3.8) is 0 Å². The van der Waals surface area contributed by atoms with E-state index in [1.165, 1.54) is 5.56 Å². The Morgan fingerprint density at radius 2 is 1.84 bits per heavy atom. The van der Waals surface area contributed by atoms with Crippen LogP contribution in [0.25, 0.3) is 0 Å². The van der Waals surface area contributed by atoms with Crippen molar-refractivity contribution >= 4 is 5.97 Å². The van der Waals surface area contributed by atoms with Gasteiger partial charge in [0.15, 0.2) is 0 Å². The lowest BCUT2D eigenvalue weighted by Crippen LogP contribution is -2.26. The lowest BCUT2D eigenvalue weighted by molar-refractivity contribution is -0.150. The van der Waals surface area contributed by atoms with Crippen molar-refractivity contribution in [3.8, 4) is 0 Å². The quantitative estimate of drug-likeness (QED) is 0.655. The minimum atomic E-state index is -0.220.